The minimum Gasteiger partial charge on any atom is -0.437 e. The van der Waals surface area contributed by atoms with Crippen LogP contribution in [0.2, 0.25) is 0 Å². The molecule has 0 atom stereocenters. The number of hydrogen-bond donors (Lipinski definition) is 0. The number of nitrogens with zero attached hydrogens (tertiary/aromatic N) is 3. The molecule has 0 unspecified atom stereocenters. The highest BCUT2D eigenvalue weighted by Crippen LogP contribution is 2.35. The van der Waals surface area contributed by atoms with Crippen molar-refractivity contribution in [1.82, 2.24) is 9.97 Å². The summed E-state index contributed by atoms with van der Waals surface area (Å²) >= 11 is 1.56. The summed E-state index contributed by atoms with van der Waals surface area (Å²) in [6.45, 7) is 0.323. The van der Waals surface area contributed by atoms with Crippen LogP contribution in [-0.4, -0.2) is 21.6 Å². The number of aromatic nitrogens is 2. The van der Waals surface area contributed by atoms with Crippen LogP contribution in [0.15, 0.2) is 64.2 Å². The molecule has 1 aliphatic rings. The second-order valence-corrected chi connectivity index (χ2v) is 6.09. The van der Waals surface area contributed by atoms with Crippen LogP contribution in [0, 0.1) is 0 Å². The predicted octanol–water partition coefficient (Wildman–Crippen LogP) is 3.38. The van der Waals surface area contributed by atoms with E-state index in [2.05, 4.69) is 9.97 Å². The number of carbonyl (C=O) groups excluding carboxylic acids is 1. The van der Waals surface area contributed by atoms with Gasteiger partial charge in [-0.1, -0.05) is 18.2 Å². The van der Waals surface area contributed by atoms with Crippen molar-refractivity contribution in [2.24, 2.45) is 0 Å². The average molecular weight is 323 g/mol. The zero-order valence-corrected chi connectivity index (χ0v) is 13.0. The zero-order chi connectivity index (χ0) is 15.6. The standard InChI is InChI=1S/C17H13N3O2S/c21-17-11-23-15-7-2-1-6-13(15)20(17)10-16-19-9-14(22-16)12-5-3-4-8-18-12/h1-9H,10-11H2. The van der Waals surface area contributed by atoms with E-state index in [4.69, 9.17) is 4.42 Å². The zero-order valence-electron chi connectivity index (χ0n) is 12.2. The van der Waals surface area contributed by atoms with Crippen molar-refractivity contribution >= 4 is 23.4 Å². The molecule has 0 N–H and O–H groups in total. The van der Waals surface area contributed by atoms with E-state index in [1.807, 2.05) is 42.5 Å². The highest BCUT2D eigenvalue weighted by atomic mass is 32.2. The maximum atomic E-state index is 12.3. The van der Waals surface area contributed by atoms with Crippen molar-refractivity contribution in [1.29, 1.82) is 0 Å². The van der Waals surface area contributed by atoms with Gasteiger partial charge in [0.05, 0.1) is 17.6 Å². The molecular formula is C17H13N3O2S. The maximum absolute atomic E-state index is 12.3. The number of para-hydroxylation sites is 1. The van der Waals surface area contributed by atoms with Crippen LogP contribution in [0.4, 0.5) is 5.69 Å². The number of pyridine rings is 1. The Morgan fingerprint density at radius 1 is 1.13 bits per heavy atom. The van der Waals surface area contributed by atoms with Crippen LogP contribution in [0.3, 0.4) is 0 Å². The van der Waals surface area contributed by atoms with Gasteiger partial charge >= 0.3 is 0 Å². The van der Waals surface area contributed by atoms with Crippen LogP contribution in [0.1, 0.15) is 5.89 Å². The number of thioether (sulfide) groups is 1. The molecule has 2 aromatic heterocycles. The summed E-state index contributed by atoms with van der Waals surface area (Å²) < 4.78 is 5.76. The number of hydrogen-bond acceptors (Lipinski definition) is 5. The highest BCUT2D eigenvalue weighted by molar-refractivity contribution is 8.00. The molecule has 0 fully saturated rings. The molecule has 1 aromatic carbocycles. The lowest BCUT2D eigenvalue weighted by Gasteiger charge is -2.27. The van der Waals surface area contributed by atoms with Gasteiger partial charge in [0.25, 0.3) is 0 Å². The van der Waals surface area contributed by atoms with Crippen LogP contribution in [0.5, 0.6) is 0 Å². The van der Waals surface area contributed by atoms with Crippen LogP contribution in [0.25, 0.3) is 11.5 Å². The first-order chi connectivity index (χ1) is 11.3. The summed E-state index contributed by atoms with van der Waals surface area (Å²) in [5.74, 6) is 1.60. The first kappa shape index (κ1) is 14.0. The number of fused-ring (bicyclic) bond motifs is 1. The second-order valence-electron chi connectivity index (χ2n) is 5.07. The van der Waals surface area contributed by atoms with Gasteiger partial charge in [-0.05, 0) is 24.3 Å². The summed E-state index contributed by atoms with van der Waals surface area (Å²) in [6.07, 6.45) is 3.35. The molecule has 0 aliphatic carbocycles. The van der Waals surface area contributed by atoms with Crippen molar-refractivity contribution in [3.63, 3.8) is 0 Å². The number of amides is 1. The largest absolute Gasteiger partial charge is 0.437 e. The van der Waals surface area contributed by atoms with Gasteiger partial charge in [0.1, 0.15) is 12.2 Å². The van der Waals surface area contributed by atoms with E-state index in [0.29, 0.717) is 23.9 Å². The minimum atomic E-state index is 0.0614. The first-order valence-corrected chi connectivity index (χ1v) is 8.18. The molecule has 1 amide bonds. The Morgan fingerprint density at radius 2 is 2.00 bits per heavy atom. The molecule has 114 valence electrons. The molecule has 5 nitrogen and oxygen atoms in total. The third-order valence-corrected chi connectivity index (χ3v) is 4.62. The summed E-state index contributed by atoms with van der Waals surface area (Å²) in [4.78, 5) is 23.6. The minimum absolute atomic E-state index is 0.0614. The Morgan fingerprint density at radius 3 is 2.87 bits per heavy atom. The summed E-state index contributed by atoms with van der Waals surface area (Å²) in [7, 11) is 0. The lowest BCUT2D eigenvalue weighted by atomic mass is 10.2. The third-order valence-electron chi connectivity index (χ3n) is 3.57. The van der Waals surface area contributed by atoms with Gasteiger partial charge in [-0.2, -0.15) is 0 Å². The second kappa shape index (κ2) is 5.89. The van der Waals surface area contributed by atoms with Gasteiger partial charge in [0.2, 0.25) is 11.8 Å². The molecule has 1 aliphatic heterocycles. The van der Waals surface area contributed by atoms with Crippen LogP contribution >= 0.6 is 11.8 Å². The quantitative estimate of drug-likeness (QED) is 0.739. The molecule has 0 radical (unpaired) electrons. The fraction of sp³-hybridized carbons (Fsp3) is 0.118. The number of anilines is 1. The average Bonchev–Trinajstić information content (AvgIpc) is 3.07. The Balaban J connectivity index is 1.61. The summed E-state index contributed by atoms with van der Waals surface area (Å²) in [5, 5.41) is 0. The summed E-state index contributed by atoms with van der Waals surface area (Å²) in [6, 6.07) is 13.5. The van der Waals surface area contributed by atoms with Gasteiger partial charge < -0.3 is 9.32 Å². The fourth-order valence-corrected chi connectivity index (χ4v) is 3.41. The van der Waals surface area contributed by atoms with Gasteiger partial charge in [-0.25, -0.2) is 4.98 Å². The molecule has 0 spiro atoms. The molecule has 3 heterocycles. The van der Waals surface area contributed by atoms with Crippen molar-refractivity contribution < 1.29 is 9.21 Å². The van der Waals surface area contributed by atoms with Gasteiger partial charge in [-0.15, -0.1) is 11.8 Å². The topological polar surface area (TPSA) is 59.2 Å². The van der Waals surface area contributed by atoms with Crippen molar-refractivity contribution in [3.8, 4) is 11.5 Å². The van der Waals surface area contributed by atoms with E-state index in [9.17, 15) is 4.79 Å². The van der Waals surface area contributed by atoms with E-state index in [-0.39, 0.29) is 5.91 Å². The molecular weight excluding hydrogens is 310 g/mol. The van der Waals surface area contributed by atoms with Gasteiger partial charge in [-0.3, -0.25) is 9.78 Å². The van der Waals surface area contributed by atoms with Crippen molar-refractivity contribution in [2.75, 3.05) is 10.7 Å². The fourth-order valence-electron chi connectivity index (χ4n) is 2.47. The Hall–Kier alpha value is -2.60. The molecule has 4 rings (SSSR count). The molecule has 0 saturated carbocycles. The monoisotopic (exact) mass is 323 g/mol. The maximum Gasteiger partial charge on any atom is 0.237 e. The number of carbonyl (C=O) groups is 1. The van der Waals surface area contributed by atoms with E-state index >= 15 is 0 Å². The van der Waals surface area contributed by atoms with E-state index in [0.717, 1.165) is 16.3 Å². The first-order valence-electron chi connectivity index (χ1n) is 7.19. The number of benzene rings is 1. The third kappa shape index (κ3) is 2.73. The van der Waals surface area contributed by atoms with Crippen LogP contribution in [-0.2, 0) is 11.3 Å². The number of oxazole rings is 1. The van der Waals surface area contributed by atoms with E-state index < -0.39 is 0 Å². The van der Waals surface area contributed by atoms with Gasteiger partial charge in [0, 0.05) is 11.1 Å². The smallest absolute Gasteiger partial charge is 0.237 e. The predicted molar refractivity (Wildman–Crippen MR) is 88.1 cm³/mol. The van der Waals surface area contributed by atoms with Crippen molar-refractivity contribution in [2.45, 2.75) is 11.4 Å². The lowest BCUT2D eigenvalue weighted by Crippen LogP contribution is -2.34. The molecule has 0 saturated heterocycles. The normalized spacial score (nSPS) is 13.9. The molecule has 23 heavy (non-hydrogen) atoms. The SMILES string of the molecule is O=C1CSc2ccccc2N1Cc1ncc(-c2ccccn2)o1. The number of rotatable bonds is 3. The Bertz CT molecular complexity index is 848. The molecule has 0 bridgehead atoms. The Labute approximate surface area is 137 Å². The molecule has 3 aromatic rings. The van der Waals surface area contributed by atoms with Crippen LogP contribution < -0.4 is 4.90 Å². The Kier molecular flexibility index (Phi) is 3.59. The van der Waals surface area contributed by atoms with E-state index in [1.165, 1.54) is 0 Å². The van der Waals surface area contributed by atoms with Gasteiger partial charge in [0.15, 0.2) is 5.76 Å². The van der Waals surface area contributed by atoms with E-state index in [1.54, 1.807) is 29.1 Å². The van der Waals surface area contributed by atoms with Crippen molar-refractivity contribution in [3.05, 3.63) is 60.7 Å². The lowest BCUT2D eigenvalue weighted by molar-refractivity contribution is -0.116. The highest BCUT2D eigenvalue weighted by Gasteiger charge is 2.25. The molecule has 6 heteroatoms. The summed E-state index contributed by atoms with van der Waals surface area (Å²) in [5.41, 5.74) is 1.64.